The van der Waals surface area contributed by atoms with Gasteiger partial charge in [-0.05, 0) is 11.5 Å². The molecule has 0 aliphatic heterocycles. The number of carbonyl (C=O) groups excluding carboxylic acids is 1. The molecule has 6 nitrogen and oxygen atoms in total. The average molecular weight is 330 g/mol. The zero-order valence-electron chi connectivity index (χ0n) is 13.0. The number of rotatable bonds is 7. The van der Waals surface area contributed by atoms with Gasteiger partial charge in [0.15, 0.2) is 0 Å². The second kappa shape index (κ2) is 7.35. The van der Waals surface area contributed by atoms with E-state index in [-0.39, 0.29) is 18.7 Å². The highest BCUT2D eigenvalue weighted by molar-refractivity contribution is 6.32. The van der Waals surface area contributed by atoms with Crippen LogP contribution in [0, 0.1) is 5.41 Å². The molecule has 0 unspecified atom stereocenters. The van der Waals surface area contributed by atoms with Crippen molar-refractivity contribution in [3.8, 4) is 11.5 Å². The Hall–Kier alpha value is -1.95. The Bertz CT molecular complexity index is 571. The van der Waals surface area contributed by atoms with Crippen LogP contribution in [0.25, 0.3) is 0 Å². The number of methoxy groups -OCH3 is 2. The highest BCUT2D eigenvalue weighted by atomic mass is 35.5. The van der Waals surface area contributed by atoms with E-state index in [2.05, 4.69) is 5.32 Å². The molecule has 0 aliphatic carbocycles. The second-order valence-corrected chi connectivity index (χ2v) is 6.05. The summed E-state index contributed by atoms with van der Waals surface area (Å²) in [5.41, 5.74) is -0.246. The van der Waals surface area contributed by atoms with Crippen LogP contribution < -0.4 is 14.8 Å². The van der Waals surface area contributed by atoms with Crippen molar-refractivity contribution in [3.05, 3.63) is 17.2 Å². The number of halogens is 1. The zero-order chi connectivity index (χ0) is 16.9. The fraction of sp³-hybridized carbons (Fsp3) is 0.467. The lowest BCUT2D eigenvalue weighted by Gasteiger charge is -2.22. The molecule has 0 bridgehead atoms. The SMILES string of the molecule is COc1cc(OC)c(NC(=O)CC(C)(C)CC(=O)O)cc1Cl. The summed E-state index contributed by atoms with van der Waals surface area (Å²) in [6.45, 7) is 3.44. The molecule has 122 valence electrons. The van der Waals surface area contributed by atoms with E-state index < -0.39 is 11.4 Å². The average Bonchev–Trinajstić information content (AvgIpc) is 2.36. The first-order valence-electron chi connectivity index (χ1n) is 6.61. The number of aliphatic carboxylic acids is 1. The molecule has 0 saturated heterocycles. The van der Waals surface area contributed by atoms with Gasteiger partial charge in [0, 0.05) is 12.5 Å². The van der Waals surface area contributed by atoms with E-state index in [1.807, 2.05) is 0 Å². The van der Waals surface area contributed by atoms with Crippen molar-refractivity contribution >= 4 is 29.2 Å². The fourth-order valence-corrected chi connectivity index (χ4v) is 2.30. The van der Waals surface area contributed by atoms with E-state index in [1.54, 1.807) is 19.9 Å². The first kappa shape index (κ1) is 18.1. The van der Waals surface area contributed by atoms with Gasteiger partial charge in [-0.1, -0.05) is 25.4 Å². The molecular weight excluding hydrogens is 310 g/mol. The van der Waals surface area contributed by atoms with Crippen molar-refractivity contribution in [2.45, 2.75) is 26.7 Å². The van der Waals surface area contributed by atoms with Crippen LogP contribution in [-0.2, 0) is 9.59 Å². The van der Waals surface area contributed by atoms with Crippen molar-refractivity contribution in [2.24, 2.45) is 5.41 Å². The highest BCUT2D eigenvalue weighted by Gasteiger charge is 2.25. The third-order valence-electron chi connectivity index (χ3n) is 3.02. The number of ether oxygens (including phenoxy) is 2. The maximum absolute atomic E-state index is 12.1. The standard InChI is InChI=1S/C15H20ClNO5/c1-15(2,8-14(19)20)7-13(18)17-10-5-9(16)11(21-3)6-12(10)22-4/h5-6H,7-8H2,1-4H3,(H,17,18)(H,19,20). The van der Waals surface area contributed by atoms with E-state index in [1.165, 1.54) is 20.3 Å². The summed E-state index contributed by atoms with van der Waals surface area (Å²) in [6, 6.07) is 3.10. The molecule has 1 aromatic carbocycles. The van der Waals surface area contributed by atoms with Crippen LogP contribution >= 0.6 is 11.6 Å². The minimum absolute atomic E-state index is 0.0616. The Balaban J connectivity index is 2.88. The van der Waals surface area contributed by atoms with E-state index in [9.17, 15) is 9.59 Å². The number of carboxylic acid groups (broad SMARTS) is 1. The lowest BCUT2D eigenvalue weighted by Crippen LogP contribution is -2.25. The predicted molar refractivity (Wildman–Crippen MR) is 83.8 cm³/mol. The minimum atomic E-state index is -0.942. The van der Waals surface area contributed by atoms with Gasteiger partial charge in [-0.15, -0.1) is 0 Å². The van der Waals surface area contributed by atoms with Gasteiger partial charge in [0.25, 0.3) is 0 Å². The maximum atomic E-state index is 12.1. The molecular formula is C15H20ClNO5. The molecule has 0 spiro atoms. The number of nitrogens with one attached hydrogen (secondary N) is 1. The number of carboxylic acids is 1. The molecule has 0 atom stereocenters. The molecule has 7 heteroatoms. The van der Waals surface area contributed by atoms with Gasteiger partial charge < -0.3 is 19.9 Å². The van der Waals surface area contributed by atoms with Crippen LogP contribution in [0.15, 0.2) is 12.1 Å². The second-order valence-electron chi connectivity index (χ2n) is 5.65. The van der Waals surface area contributed by atoms with Crippen molar-refractivity contribution in [1.29, 1.82) is 0 Å². The number of anilines is 1. The van der Waals surface area contributed by atoms with Gasteiger partial charge >= 0.3 is 5.97 Å². The van der Waals surface area contributed by atoms with Crippen LogP contribution in [0.5, 0.6) is 11.5 Å². The molecule has 1 rings (SSSR count). The number of benzene rings is 1. The third kappa shape index (κ3) is 5.11. The minimum Gasteiger partial charge on any atom is -0.495 e. The van der Waals surface area contributed by atoms with Crippen molar-refractivity contribution in [3.63, 3.8) is 0 Å². The molecule has 0 aromatic heterocycles. The number of carbonyl (C=O) groups is 2. The smallest absolute Gasteiger partial charge is 0.303 e. The van der Waals surface area contributed by atoms with Crippen LogP contribution in [0.3, 0.4) is 0 Å². The van der Waals surface area contributed by atoms with Crippen molar-refractivity contribution < 1.29 is 24.2 Å². The molecule has 0 radical (unpaired) electrons. The zero-order valence-corrected chi connectivity index (χ0v) is 13.8. The summed E-state index contributed by atoms with van der Waals surface area (Å²) in [6.07, 6.45) is -0.0347. The molecule has 0 saturated carbocycles. The normalized spacial score (nSPS) is 11.0. The fourth-order valence-electron chi connectivity index (χ4n) is 2.06. The highest BCUT2D eigenvalue weighted by Crippen LogP contribution is 2.36. The van der Waals surface area contributed by atoms with Gasteiger partial charge in [0.05, 0.1) is 31.4 Å². The van der Waals surface area contributed by atoms with E-state index in [4.69, 9.17) is 26.2 Å². The Morgan fingerprint density at radius 1 is 1.18 bits per heavy atom. The first-order chi connectivity index (χ1) is 10.2. The van der Waals surface area contributed by atoms with Crippen LogP contribution in [0.1, 0.15) is 26.7 Å². The van der Waals surface area contributed by atoms with Crippen LogP contribution in [0.4, 0.5) is 5.69 Å². The van der Waals surface area contributed by atoms with Crippen LogP contribution in [0.2, 0.25) is 5.02 Å². The van der Waals surface area contributed by atoms with Crippen LogP contribution in [-0.4, -0.2) is 31.2 Å². The van der Waals surface area contributed by atoms with Crippen molar-refractivity contribution in [2.75, 3.05) is 19.5 Å². The lowest BCUT2D eigenvalue weighted by atomic mass is 9.85. The molecule has 1 aromatic rings. The van der Waals surface area contributed by atoms with Crippen molar-refractivity contribution in [1.82, 2.24) is 0 Å². The molecule has 0 heterocycles. The predicted octanol–water partition coefficient (Wildman–Crippen LogP) is 3.19. The Morgan fingerprint density at radius 3 is 2.27 bits per heavy atom. The summed E-state index contributed by atoms with van der Waals surface area (Å²) in [5, 5.41) is 11.9. The number of amides is 1. The van der Waals surface area contributed by atoms with E-state index in [0.717, 1.165) is 0 Å². The Morgan fingerprint density at radius 2 is 1.77 bits per heavy atom. The molecule has 0 aliphatic rings. The quantitative estimate of drug-likeness (QED) is 0.802. The number of hydrogen-bond donors (Lipinski definition) is 2. The van der Waals surface area contributed by atoms with E-state index in [0.29, 0.717) is 22.2 Å². The van der Waals surface area contributed by atoms with Gasteiger partial charge in [0.1, 0.15) is 11.5 Å². The molecule has 1 amide bonds. The van der Waals surface area contributed by atoms with E-state index >= 15 is 0 Å². The number of hydrogen-bond acceptors (Lipinski definition) is 4. The van der Waals surface area contributed by atoms with Gasteiger partial charge in [0.2, 0.25) is 5.91 Å². The molecule has 2 N–H and O–H groups in total. The van der Waals surface area contributed by atoms with Gasteiger partial charge in [-0.3, -0.25) is 9.59 Å². The first-order valence-corrected chi connectivity index (χ1v) is 6.99. The molecule has 22 heavy (non-hydrogen) atoms. The Kier molecular flexibility index (Phi) is 6.05. The summed E-state index contributed by atoms with van der Waals surface area (Å²) in [5.74, 6) is -0.415. The third-order valence-corrected chi connectivity index (χ3v) is 3.31. The monoisotopic (exact) mass is 329 g/mol. The summed E-state index contributed by atoms with van der Waals surface area (Å²) < 4.78 is 10.3. The van der Waals surface area contributed by atoms with Gasteiger partial charge in [-0.2, -0.15) is 0 Å². The Labute approximate surface area is 134 Å². The van der Waals surface area contributed by atoms with Gasteiger partial charge in [-0.25, -0.2) is 0 Å². The maximum Gasteiger partial charge on any atom is 0.303 e. The largest absolute Gasteiger partial charge is 0.495 e. The topological polar surface area (TPSA) is 84.9 Å². The summed E-state index contributed by atoms with van der Waals surface area (Å²) >= 11 is 6.03. The summed E-state index contributed by atoms with van der Waals surface area (Å²) in [4.78, 5) is 22.9. The lowest BCUT2D eigenvalue weighted by molar-refractivity contribution is -0.139. The molecule has 0 fully saturated rings. The summed E-state index contributed by atoms with van der Waals surface area (Å²) in [7, 11) is 2.94.